The molecule has 0 heterocycles. The summed E-state index contributed by atoms with van der Waals surface area (Å²) in [4.78, 5) is 1.87. The van der Waals surface area contributed by atoms with Crippen molar-refractivity contribution in [3.8, 4) is 0 Å². The lowest BCUT2D eigenvalue weighted by molar-refractivity contribution is 1.06. The molecule has 0 saturated carbocycles. The van der Waals surface area contributed by atoms with E-state index in [1.54, 1.807) is 0 Å². The standard InChI is InChI=1S/C6H9Br/c1-2-3-4-5-6-7/h2,5-6H,1,3-4H2/b6-5+. The number of unbranched alkanes of at least 4 members (excludes halogenated alkanes) is 1. The molecule has 0 aromatic rings. The van der Waals surface area contributed by atoms with Gasteiger partial charge >= 0.3 is 0 Å². The molecule has 0 amide bonds. The zero-order valence-corrected chi connectivity index (χ0v) is 5.82. The van der Waals surface area contributed by atoms with Crippen molar-refractivity contribution in [1.29, 1.82) is 0 Å². The second-order valence-corrected chi connectivity index (χ2v) is 1.76. The Balaban J connectivity index is 2.82. The van der Waals surface area contributed by atoms with Crippen LogP contribution in [0.1, 0.15) is 12.8 Å². The van der Waals surface area contributed by atoms with Crippen LogP contribution in [0.25, 0.3) is 0 Å². The Morgan fingerprint density at radius 2 is 2.14 bits per heavy atom. The van der Waals surface area contributed by atoms with Gasteiger partial charge in [-0.05, 0) is 17.8 Å². The molecule has 40 valence electrons. The maximum Gasteiger partial charge on any atom is -0.0229 e. The van der Waals surface area contributed by atoms with E-state index in [1.807, 2.05) is 11.1 Å². The van der Waals surface area contributed by atoms with Crippen LogP contribution in [-0.2, 0) is 0 Å². The molecule has 0 N–H and O–H groups in total. The molecule has 0 aromatic heterocycles. The van der Waals surface area contributed by atoms with E-state index in [1.165, 1.54) is 0 Å². The van der Waals surface area contributed by atoms with Crippen LogP contribution in [0.3, 0.4) is 0 Å². The van der Waals surface area contributed by atoms with Gasteiger partial charge in [-0.1, -0.05) is 28.1 Å². The van der Waals surface area contributed by atoms with Crippen molar-refractivity contribution in [1.82, 2.24) is 0 Å². The first-order valence-electron chi connectivity index (χ1n) is 2.28. The summed E-state index contributed by atoms with van der Waals surface area (Å²) in [7, 11) is 0. The predicted molar refractivity (Wildman–Crippen MR) is 37.5 cm³/mol. The van der Waals surface area contributed by atoms with E-state index < -0.39 is 0 Å². The van der Waals surface area contributed by atoms with Crippen molar-refractivity contribution in [2.45, 2.75) is 12.8 Å². The van der Waals surface area contributed by atoms with Crippen molar-refractivity contribution in [3.05, 3.63) is 23.7 Å². The largest absolute Gasteiger partial charge is 0.103 e. The fraction of sp³-hybridized carbons (Fsp3) is 0.333. The summed E-state index contributed by atoms with van der Waals surface area (Å²) in [6.07, 6.45) is 6.13. The van der Waals surface area contributed by atoms with Crippen molar-refractivity contribution >= 4 is 15.9 Å². The van der Waals surface area contributed by atoms with Crippen molar-refractivity contribution in [3.63, 3.8) is 0 Å². The number of hydrogen-bond donors (Lipinski definition) is 0. The lowest BCUT2D eigenvalue weighted by Crippen LogP contribution is -1.57. The molecular formula is C6H9Br. The summed E-state index contributed by atoms with van der Waals surface area (Å²) >= 11 is 3.16. The second kappa shape index (κ2) is 5.96. The molecule has 0 unspecified atom stereocenters. The molecule has 7 heavy (non-hydrogen) atoms. The Labute approximate surface area is 53.1 Å². The van der Waals surface area contributed by atoms with Gasteiger partial charge in [0.25, 0.3) is 0 Å². The third-order valence-corrected chi connectivity index (χ3v) is 1.00. The molecular weight excluding hydrogens is 152 g/mol. The molecule has 0 bridgehead atoms. The van der Waals surface area contributed by atoms with E-state index in [0.29, 0.717) is 0 Å². The van der Waals surface area contributed by atoms with Crippen LogP contribution >= 0.6 is 15.9 Å². The Bertz CT molecular complexity index is 64.6. The molecule has 0 radical (unpaired) electrons. The summed E-state index contributed by atoms with van der Waals surface area (Å²) < 4.78 is 0. The van der Waals surface area contributed by atoms with Gasteiger partial charge in [-0.2, -0.15) is 0 Å². The summed E-state index contributed by atoms with van der Waals surface area (Å²) in [6, 6.07) is 0. The Kier molecular flexibility index (Phi) is 5.93. The smallest absolute Gasteiger partial charge is 0.0229 e. The van der Waals surface area contributed by atoms with E-state index in [4.69, 9.17) is 0 Å². The van der Waals surface area contributed by atoms with Crippen LogP contribution in [0.15, 0.2) is 23.7 Å². The number of allylic oxidation sites excluding steroid dienone is 2. The van der Waals surface area contributed by atoms with Gasteiger partial charge in [0.1, 0.15) is 0 Å². The van der Waals surface area contributed by atoms with Crippen LogP contribution in [0.2, 0.25) is 0 Å². The maximum absolute atomic E-state index is 3.58. The molecule has 0 aliphatic carbocycles. The third-order valence-electron chi connectivity index (χ3n) is 0.627. The zero-order valence-electron chi connectivity index (χ0n) is 4.23. The van der Waals surface area contributed by atoms with Gasteiger partial charge in [0.15, 0.2) is 0 Å². The zero-order chi connectivity index (χ0) is 5.54. The Morgan fingerprint density at radius 1 is 1.43 bits per heavy atom. The lowest BCUT2D eigenvalue weighted by atomic mass is 10.3. The minimum atomic E-state index is 1.07. The van der Waals surface area contributed by atoms with Crippen molar-refractivity contribution in [2.75, 3.05) is 0 Å². The Morgan fingerprint density at radius 3 is 2.57 bits per heavy atom. The highest BCUT2D eigenvalue weighted by molar-refractivity contribution is 9.11. The Hall–Kier alpha value is -0.0400. The lowest BCUT2D eigenvalue weighted by Gasteiger charge is -1.78. The van der Waals surface area contributed by atoms with E-state index in [9.17, 15) is 0 Å². The maximum atomic E-state index is 3.58. The fourth-order valence-electron chi connectivity index (χ4n) is 0.277. The second-order valence-electron chi connectivity index (χ2n) is 1.23. The molecule has 1 heteroatoms. The van der Waals surface area contributed by atoms with E-state index in [0.717, 1.165) is 12.8 Å². The monoisotopic (exact) mass is 160 g/mol. The molecule has 0 atom stereocenters. The molecule has 0 nitrogen and oxygen atoms in total. The van der Waals surface area contributed by atoms with Gasteiger partial charge in [0, 0.05) is 0 Å². The number of hydrogen-bond acceptors (Lipinski definition) is 0. The molecule has 0 spiro atoms. The first-order valence-corrected chi connectivity index (χ1v) is 3.19. The topological polar surface area (TPSA) is 0 Å². The summed E-state index contributed by atoms with van der Waals surface area (Å²) in [6.45, 7) is 3.58. The van der Waals surface area contributed by atoms with E-state index >= 15 is 0 Å². The van der Waals surface area contributed by atoms with Crippen LogP contribution < -0.4 is 0 Å². The number of rotatable bonds is 3. The third kappa shape index (κ3) is 5.96. The molecule has 0 rings (SSSR count). The van der Waals surface area contributed by atoms with Crippen LogP contribution in [0, 0.1) is 0 Å². The quantitative estimate of drug-likeness (QED) is 0.441. The van der Waals surface area contributed by atoms with Gasteiger partial charge in [0.2, 0.25) is 0 Å². The predicted octanol–water partition coefficient (Wildman–Crippen LogP) is 2.86. The minimum absolute atomic E-state index is 1.07. The highest BCUT2D eigenvalue weighted by Gasteiger charge is 1.69. The van der Waals surface area contributed by atoms with Gasteiger partial charge in [-0.15, -0.1) is 6.58 Å². The van der Waals surface area contributed by atoms with Gasteiger partial charge in [-0.25, -0.2) is 0 Å². The van der Waals surface area contributed by atoms with Gasteiger partial charge in [0.05, 0.1) is 0 Å². The summed E-state index contributed by atoms with van der Waals surface area (Å²) in [5.74, 6) is 0. The molecule has 0 aliphatic heterocycles. The summed E-state index contributed by atoms with van der Waals surface area (Å²) in [5, 5.41) is 0. The molecule has 0 aliphatic rings. The van der Waals surface area contributed by atoms with Crippen LogP contribution in [0.5, 0.6) is 0 Å². The average Bonchev–Trinajstić information content (AvgIpc) is 1.69. The SMILES string of the molecule is C=CCC/C=C/Br. The molecule has 0 aromatic carbocycles. The highest BCUT2D eigenvalue weighted by Crippen LogP contribution is 1.92. The molecule has 0 saturated heterocycles. The van der Waals surface area contributed by atoms with Crippen LogP contribution in [-0.4, -0.2) is 0 Å². The van der Waals surface area contributed by atoms with E-state index in [2.05, 4.69) is 28.6 Å². The summed E-state index contributed by atoms with van der Waals surface area (Å²) in [5.41, 5.74) is 0. The number of halogens is 1. The van der Waals surface area contributed by atoms with Gasteiger partial charge < -0.3 is 0 Å². The van der Waals surface area contributed by atoms with Gasteiger partial charge in [-0.3, -0.25) is 0 Å². The highest BCUT2D eigenvalue weighted by atomic mass is 79.9. The first kappa shape index (κ1) is 6.96. The normalized spacial score (nSPS) is 9.86. The fourth-order valence-corrected chi connectivity index (χ4v) is 0.541. The van der Waals surface area contributed by atoms with Crippen LogP contribution in [0.4, 0.5) is 0 Å². The van der Waals surface area contributed by atoms with Crippen molar-refractivity contribution < 1.29 is 0 Å². The van der Waals surface area contributed by atoms with E-state index in [-0.39, 0.29) is 0 Å². The minimum Gasteiger partial charge on any atom is -0.103 e. The first-order chi connectivity index (χ1) is 3.41. The average molecular weight is 161 g/mol. The molecule has 0 fully saturated rings. The van der Waals surface area contributed by atoms with Crippen molar-refractivity contribution in [2.24, 2.45) is 0 Å².